The molecule has 0 unspecified atom stereocenters. The predicted molar refractivity (Wildman–Crippen MR) is 116 cm³/mol. The van der Waals surface area contributed by atoms with E-state index in [1.807, 2.05) is 36.4 Å². The molecule has 5 nitrogen and oxygen atoms in total. The van der Waals surface area contributed by atoms with Crippen LogP contribution in [0.1, 0.15) is 23.2 Å². The maximum Gasteiger partial charge on any atom is 0.261 e. The topological polar surface area (TPSA) is 62.3 Å². The van der Waals surface area contributed by atoms with Crippen molar-refractivity contribution >= 4 is 46.6 Å². The van der Waals surface area contributed by atoms with Crippen LogP contribution in [-0.4, -0.2) is 23.3 Å². The van der Waals surface area contributed by atoms with E-state index >= 15 is 0 Å². The lowest BCUT2D eigenvalue weighted by Gasteiger charge is -2.22. The van der Waals surface area contributed by atoms with Gasteiger partial charge in [-0.1, -0.05) is 47.6 Å². The normalized spacial score (nSPS) is 12.7. The summed E-state index contributed by atoms with van der Waals surface area (Å²) in [5.74, 6) is -0.234. The molecule has 29 heavy (non-hydrogen) atoms. The number of benzene rings is 2. The second-order valence-electron chi connectivity index (χ2n) is 6.51. The number of hydrogen-bond donors (Lipinski definition) is 1. The molecule has 1 aliphatic heterocycles. The highest BCUT2D eigenvalue weighted by Crippen LogP contribution is 2.40. The smallest absolute Gasteiger partial charge is 0.261 e. The molecule has 1 aliphatic rings. The Bertz CT molecular complexity index is 1070. The second-order valence-corrected chi connectivity index (χ2v) is 7.95. The number of fused-ring (bicyclic) bond motifs is 2. The van der Waals surface area contributed by atoms with E-state index < -0.39 is 0 Å². The van der Waals surface area contributed by atoms with Gasteiger partial charge in [0.25, 0.3) is 5.91 Å². The summed E-state index contributed by atoms with van der Waals surface area (Å²) in [6, 6.07) is 18.4. The van der Waals surface area contributed by atoms with Crippen molar-refractivity contribution in [1.82, 2.24) is 4.98 Å². The van der Waals surface area contributed by atoms with Crippen molar-refractivity contribution in [3.05, 3.63) is 77.4 Å². The Morgan fingerprint density at radius 1 is 1.07 bits per heavy atom. The van der Waals surface area contributed by atoms with Crippen molar-refractivity contribution in [1.29, 1.82) is 0 Å². The molecule has 0 spiro atoms. The van der Waals surface area contributed by atoms with Gasteiger partial charge in [0.05, 0.1) is 22.0 Å². The van der Waals surface area contributed by atoms with E-state index in [0.717, 1.165) is 10.6 Å². The first-order valence-electron chi connectivity index (χ1n) is 9.21. The number of halogens is 1. The Morgan fingerprint density at radius 2 is 1.86 bits per heavy atom. The van der Waals surface area contributed by atoms with Gasteiger partial charge in [-0.2, -0.15) is 0 Å². The number of carbonyl (C=O) groups is 2. The third-order valence-corrected chi connectivity index (χ3v) is 5.96. The number of pyridine rings is 1. The zero-order chi connectivity index (χ0) is 20.2. The van der Waals surface area contributed by atoms with Crippen molar-refractivity contribution in [2.24, 2.45) is 0 Å². The molecule has 0 radical (unpaired) electrons. The monoisotopic (exact) mass is 423 g/mol. The number of para-hydroxylation sites is 2. The molecule has 2 amide bonds. The molecule has 2 heterocycles. The van der Waals surface area contributed by atoms with Crippen LogP contribution in [0.25, 0.3) is 0 Å². The first-order valence-corrected chi connectivity index (χ1v) is 10.4. The van der Waals surface area contributed by atoms with Crippen LogP contribution in [-0.2, 0) is 4.79 Å². The average molecular weight is 424 g/mol. The molecule has 0 saturated heterocycles. The summed E-state index contributed by atoms with van der Waals surface area (Å²) in [5, 5.41) is 4.01. The molecular weight excluding hydrogens is 406 g/mol. The maximum atomic E-state index is 13.2. The fourth-order valence-corrected chi connectivity index (χ4v) is 4.35. The molecule has 0 saturated carbocycles. The van der Waals surface area contributed by atoms with Gasteiger partial charge in [0.15, 0.2) is 0 Å². The van der Waals surface area contributed by atoms with Crippen molar-refractivity contribution in [3.8, 4) is 0 Å². The summed E-state index contributed by atoms with van der Waals surface area (Å²) in [7, 11) is 0. The Kier molecular flexibility index (Phi) is 5.83. The van der Waals surface area contributed by atoms with E-state index in [4.69, 9.17) is 11.6 Å². The van der Waals surface area contributed by atoms with E-state index in [1.54, 1.807) is 35.4 Å². The van der Waals surface area contributed by atoms with Crippen LogP contribution in [0, 0.1) is 0 Å². The summed E-state index contributed by atoms with van der Waals surface area (Å²) < 4.78 is 0. The maximum absolute atomic E-state index is 13.2. The molecule has 1 N–H and O–H groups in total. The molecular formula is C22H18ClN3O2S. The number of anilines is 2. The van der Waals surface area contributed by atoms with E-state index in [0.29, 0.717) is 34.3 Å². The Balaban J connectivity index is 1.48. The van der Waals surface area contributed by atoms with Crippen LogP contribution in [0.5, 0.6) is 0 Å². The zero-order valence-corrected chi connectivity index (χ0v) is 17.0. The lowest BCUT2D eigenvalue weighted by Crippen LogP contribution is -2.32. The van der Waals surface area contributed by atoms with Crippen molar-refractivity contribution in [2.45, 2.75) is 22.8 Å². The fraction of sp³-hybridized carbons (Fsp3) is 0.136. The Labute approximate surface area is 178 Å². The Hall–Kier alpha value is -2.83. The van der Waals surface area contributed by atoms with Crippen LogP contribution in [0.3, 0.4) is 0 Å². The zero-order valence-electron chi connectivity index (χ0n) is 15.5. The third kappa shape index (κ3) is 4.28. The van der Waals surface area contributed by atoms with Crippen LogP contribution >= 0.6 is 23.4 Å². The highest BCUT2D eigenvalue weighted by atomic mass is 35.5. The van der Waals surface area contributed by atoms with Gasteiger partial charge in [-0.05, 0) is 42.8 Å². The van der Waals surface area contributed by atoms with Crippen LogP contribution in [0.15, 0.2) is 76.8 Å². The number of aromatic nitrogens is 1. The number of nitrogens with one attached hydrogen (secondary N) is 1. The average Bonchev–Trinajstić information content (AvgIpc) is 2.85. The molecule has 2 aromatic carbocycles. The van der Waals surface area contributed by atoms with Gasteiger partial charge in [0, 0.05) is 24.1 Å². The number of amides is 2. The summed E-state index contributed by atoms with van der Waals surface area (Å²) in [6.45, 7) is 0.431. The second kappa shape index (κ2) is 8.68. The number of hydrogen-bond acceptors (Lipinski definition) is 4. The minimum atomic E-state index is -0.134. The van der Waals surface area contributed by atoms with E-state index in [-0.39, 0.29) is 18.2 Å². The number of carbonyl (C=O) groups excluding carboxylic acids is 2. The van der Waals surface area contributed by atoms with Gasteiger partial charge < -0.3 is 10.2 Å². The number of rotatable bonds is 5. The van der Waals surface area contributed by atoms with Crippen LogP contribution in [0.4, 0.5) is 11.4 Å². The van der Waals surface area contributed by atoms with Gasteiger partial charge in [-0.25, -0.2) is 4.98 Å². The molecule has 0 aliphatic carbocycles. The molecule has 3 aromatic rings. The SMILES string of the molecule is O=C(CCCN1C(=O)c2cccnc2Sc2ccccc21)Nc1ccccc1Cl. The van der Waals surface area contributed by atoms with E-state index in [9.17, 15) is 9.59 Å². The van der Waals surface area contributed by atoms with Gasteiger partial charge in [-0.3, -0.25) is 9.59 Å². The van der Waals surface area contributed by atoms with Crippen molar-refractivity contribution in [2.75, 3.05) is 16.8 Å². The van der Waals surface area contributed by atoms with Gasteiger partial charge in [-0.15, -0.1) is 0 Å². The molecule has 7 heteroatoms. The quantitative estimate of drug-likeness (QED) is 0.607. The summed E-state index contributed by atoms with van der Waals surface area (Å²) in [6.07, 6.45) is 2.50. The first-order chi connectivity index (χ1) is 14.1. The van der Waals surface area contributed by atoms with Crippen molar-refractivity contribution in [3.63, 3.8) is 0 Å². The first kappa shape index (κ1) is 19.5. The standard InChI is InChI=1S/C22H18ClN3O2S/c23-16-8-1-2-9-17(16)25-20(27)12-6-14-26-18-10-3-4-11-19(18)29-21-15(22(26)28)7-5-13-24-21/h1-5,7-11,13H,6,12,14H2,(H,25,27). The highest BCUT2D eigenvalue weighted by molar-refractivity contribution is 7.99. The third-order valence-electron chi connectivity index (χ3n) is 4.54. The largest absolute Gasteiger partial charge is 0.325 e. The number of nitrogens with zero attached hydrogens (tertiary/aromatic N) is 2. The lowest BCUT2D eigenvalue weighted by molar-refractivity contribution is -0.116. The molecule has 146 valence electrons. The minimum absolute atomic E-state index is 0.0999. The molecule has 0 atom stereocenters. The lowest BCUT2D eigenvalue weighted by atomic mass is 10.2. The van der Waals surface area contributed by atoms with Gasteiger partial charge in [0.2, 0.25) is 5.91 Å². The Morgan fingerprint density at radius 3 is 2.72 bits per heavy atom. The fourth-order valence-electron chi connectivity index (χ4n) is 3.16. The van der Waals surface area contributed by atoms with E-state index in [1.165, 1.54) is 11.8 Å². The van der Waals surface area contributed by atoms with Crippen LogP contribution < -0.4 is 10.2 Å². The van der Waals surface area contributed by atoms with Gasteiger partial charge in [0.1, 0.15) is 5.03 Å². The summed E-state index contributed by atoms with van der Waals surface area (Å²) >= 11 is 7.58. The molecule has 0 fully saturated rings. The molecule has 1 aromatic heterocycles. The highest BCUT2D eigenvalue weighted by Gasteiger charge is 2.27. The minimum Gasteiger partial charge on any atom is -0.325 e. The molecule has 0 bridgehead atoms. The molecule has 4 rings (SSSR count). The summed E-state index contributed by atoms with van der Waals surface area (Å²) in [4.78, 5) is 32.5. The van der Waals surface area contributed by atoms with Crippen molar-refractivity contribution < 1.29 is 9.59 Å². The van der Waals surface area contributed by atoms with Gasteiger partial charge >= 0.3 is 0 Å². The summed E-state index contributed by atoms with van der Waals surface area (Å²) in [5.41, 5.74) is 2.01. The van der Waals surface area contributed by atoms with E-state index in [2.05, 4.69) is 10.3 Å². The van der Waals surface area contributed by atoms with Crippen LogP contribution in [0.2, 0.25) is 5.02 Å². The predicted octanol–water partition coefficient (Wildman–Crippen LogP) is 5.27.